The van der Waals surface area contributed by atoms with E-state index in [4.69, 9.17) is 28.4 Å². The third kappa shape index (κ3) is 34.7. The fourth-order valence-corrected chi connectivity index (χ4v) is 8.98. The first-order valence-electron chi connectivity index (χ1n) is 30.2. The van der Waals surface area contributed by atoms with Gasteiger partial charge in [-0.1, -0.05) is 189 Å². The minimum Gasteiger partial charge on any atom is -0.462 e. The molecule has 11 atom stereocenters. The Morgan fingerprint density at radius 1 is 0.423 bits per heavy atom. The molecule has 0 aliphatic carbocycles. The minimum absolute atomic E-state index is 0.122. The molecule has 0 radical (unpaired) electrons. The van der Waals surface area contributed by atoms with Gasteiger partial charge in [-0.05, 0) is 89.9 Å². The average Bonchev–Trinajstić information content (AvgIpc) is 3.43. The number of allylic oxidation sites excluding steroid dienone is 14. The standard InChI is InChI=1S/C63H106O15/c1-3-5-7-9-11-13-15-17-19-21-23-24-25-26-28-29-31-33-35-37-39-41-43-45-54(65)73-48-51(76-55(66)46-44-42-40-38-36-34-32-30-27-22-20-18-16-14-12-10-8-6-4-2)49-74-62-61(72)59(70)57(68)53(78-62)50-75-63-60(71)58(69)56(67)52(47-64)77-63/h6,8,12,14-15,17-18,20-21,23,27,30,34,36,51-53,56-64,67-72H,3-5,7,9-11,13,16,19,22,24-26,28-29,31-33,35,37-50H2,1-2H3/b8-6-,14-12-,17-15-,20-18-,23-21-,30-27-,36-34-. The number of esters is 2. The second-order valence-corrected chi connectivity index (χ2v) is 20.8. The zero-order valence-corrected chi connectivity index (χ0v) is 47.9. The third-order valence-electron chi connectivity index (χ3n) is 13.9. The van der Waals surface area contributed by atoms with Crippen LogP contribution in [-0.4, -0.2) is 142 Å². The Bertz CT molecular complexity index is 1670. The van der Waals surface area contributed by atoms with Crippen molar-refractivity contribution in [1.29, 1.82) is 0 Å². The van der Waals surface area contributed by atoms with Gasteiger partial charge < -0.3 is 64.2 Å². The van der Waals surface area contributed by atoms with Gasteiger partial charge in [0.2, 0.25) is 0 Å². The van der Waals surface area contributed by atoms with Gasteiger partial charge in [0.1, 0.15) is 55.4 Å². The molecule has 0 aromatic carbocycles. The maximum absolute atomic E-state index is 13.1. The van der Waals surface area contributed by atoms with E-state index in [1.165, 1.54) is 83.5 Å². The molecule has 448 valence electrons. The zero-order chi connectivity index (χ0) is 56.7. The van der Waals surface area contributed by atoms with Crippen molar-refractivity contribution in [2.45, 2.75) is 274 Å². The van der Waals surface area contributed by atoms with Crippen LogP contribution >= 0.6 is 0 Å². The van der Waals surface area contributed by atoms with E-state index in [2.05, 4.69) is 98.9 Å². The van der Waals surface area contributed by atoms with Crippen LogP contribution in [0.4, 0.5) is 0 Å². The minimum atomic E-state index is -1.78. The lowest BCUT2D eigenvalue weighted by Crippen LogP contribution is -2.61. The largest absolute Gasteiger partial charge is 0.462 e. The maximum Gasteiger partial charge on any atom is 0.306 e. The Balaban J connectivity index is 1.75. The van der Waals surface area contributed by atoms with E-state index >= 15 is 0 Å². The summed E-state index contributed by atoms with van der Waals surface area (Å²) in [5, 5.41) is 72.3. The van der Waals surface area contributed by atoms with Crippen molar-refractivity contribution >= 4 is 11.9 Å². The fraction of sp³-hybridized carbons (Fsp3) is 0.746. The Morgan fingerprint density at radius 2 is 0.808 bits per heavy atom. The quantitative estimate of drug-likeness (QED) is 0.0171. The average molecular weight is 1100 g/mol. The summed E-state index contributed by atoms with van der Waals surface area (Å²) in [4.78, 5) is 25.9. The lowest BCUT2D eigenvalue weighted by molar-refractivity contribution is -0.332. The van der Waals surface area contributed by atoms with Crippen LogP contribution in [0.15, 0.2) is 85.1 Å². The number of hydrogen-bond donors (Lipinski definition) is 7. The molecule has 2 saturated heterocycles. The van der Waals surface area contributed by atoms with E-state index in [9.17, 15) is 45.3 Å². The molecule has 2 aliphatic heterocycles. The number of unbranched alkanes of at least 4 members (excludes halogenated alkanes) is 19. The molecule has 7 N–H and O–H groups in total. The van der Waals surface area contributed by atoms with Crippen molar-refractivity contribution in [2.24, 2.45) is 0 Å². The lowest BCUT2D eigenvalue weighted by atomic mass is 9.98. The van der Waals surface area contributed by atoms with Crippen molar-refractivity contribution in [3.05, 3.63) is 85.1 Å². The van der Waals surface area contributed by atoms with Gasteiger partial charge in [0, 0.05) is 12.8 Å². The molecule has 78 heavy (non-hydrogen) atoms. The number of carbonyl (C=O) groups is 2. The second kappa shape index (κ2) is 48.4. The van der Waals surface area contributed by atoms with Crippen molar-refractivity contribution < 1.29 is 73.8 Å². The molecule has 11 unspecified atom stereocenters. The highest BCUT2D eigenvalue weighted by Crippen LogP contribution is 2.27. The molecular weight excluding hydrogens is 997 g/mol. The number of rotatable bonds is 47. The van der Waals surface area contributed by atoms with E-state index in [1.54, 1.807) is 0 Å². The van der Waals surface area contributed by atoms with Crippen LogP contribution in [-0.2, 0) is 38.0 Å². The third-order valence-corrected chi connectivity index (χ3v) is 13.9. The normalized spacial score (nSPS) is 24.6. The van der Waals surface area contributed by atoms with Gasteiger partial charge in [-0.25, -0.2) is 0 Å². The first-order chi connectivity index (χ1) is 38.0. The van der Waals surface area contributed by atoms with Crippen molar-refractivity contribution in [3.63, 3.8) is 0 Å². The van der Waals surface area contributed by atoms with E-state index in [0.29, 0.717) is 12.8 Å². The summed E-state index contributed by atoms with van der Waals surface area (Å²) in [7, 11) is 0. The topological polar surface area (TPSA) is 231 Å². The van der Waals surface area contributed by atoms with Crippen molar-refractivity contribution in [2.75, 3.05) is 26.4 Å². The van der Waals surface area contributed by atoms with Gasteiger partial charge in [0.15, 0.2) is 18.7 Å². The molecule has 2 aliphatic rings. The molecule has 0 saturated carbocycles. The highest BCUT2D eigenvalue weighted by atomic mass is 16.7. The van der Waals surface area contributed by atoms with Crippen molar-refractivity contribution in [1.82, 2.24) is 0 Å². The van der Waals surface area contributed by atoms with E-state index in [0.717, 1.165) is 83.5 Å². The van der Waals surface area contributed by atoms with Gasteiger partial charge in [0.05, 0.1) is 19.8 Å². The molecule has 2 rings (SSSR count). The highest BCUT2D eigenvalue weighted by Gasteiger charge is 2.47. The summed E-state index contributed by atoms with van der Waals surface area (Å²) in [6.07, 6.45) is 44.6. The van der Waals surface area contributed by atoms with Crippen LogP contribution in [0.25, 0.3) is 0 Å². The van der Waals surface area contributed by atoms with Crippen LogP contribution < -0.4 is 0 Å². The van der Waals surface area contributed by atoms with E-state index in [1.807, 2.05) is 0 Å². The molecule has 0 aromatic heterocycles. The van der Waals surface area contributed by atoms with Crippen LogP contribution in [0.3, 0.4) is 0 Å². The summed E-state index contributed by atoms with van der Waals surface area (Å²) in [6, 6.07) is 0. The molecule has 15 heteroatoms. The maximum atomic E-state index is 13.1. The monoisotopic (exact) mass is 1100 g/mol. The van der Waals surface area contributed by atoms with Gasteiger partial charge >= 0.3 is 11.9 Å². The molecule has 2 heterocycles. The smallest absolute Gasteiger partial charge is 0.306 e. The van der Waals surface area contributed by atoms with Gasteiger partial charge in [-0.3, -0.25) is 9.59 Å². The zero-order valence-electron chi connectivity index (χ0n) is 47.9. The molecule has 0 spiro atoms. The highest BCUT2D eigenvalue weighted by molar-refractivity contribution is 5.70. The van der Waals surface area contributed by atoms with Crippen LogP contribution in [0.1, 0.15) is 206 Å². The van der Waals surface area contributed by atoms with Crippen LogP contribution in [0.2, 0.25) is 0 Å². The fourth-order valence-electron chi connectivity index (χ4n) is 8.98. The van der Waals surface area contributed by atoms with Crippen LogP contribution in [0.5, 0.6) is 0 Å². The molecule has 2 fully saturated rings. The summed E-state index contributed by atoms with van der Waals surface area (Å²) in [5.41, 5.74) is 0. The predicted molar refractivity (Wildman–Crippen MR) is 307 cm³/mol. The predicted octanol–water partition coefficient (Wildman–Crippen LogP) is 10.7. The Labute approximate surface area is 469 Å². The Kier molecular flexibility index (Phi) is 43.9. The van der Waals surface area contributed by atoms with E-state index in [-0.39, 0.29) is 19.4 Å². The first-order valence-corrected chi connectivity index (χ1v) is 30.2. The molecule has 0 amide bonds. The van der Waals surface area contributed by atoms with Crippen LogP contribution in [0, 0.1) is 0 Å². The molecule has 0 aromatic rings. The van der Waals surface area contributed by atoms with Crippen molar-refractivity contribution in [3.8, 4) is 0 Å². The van der Waals surface area contributed by atoms with E-state index < -0.39 is 99.3 Å². The van der Waals surface area contributed by atoms with Gasteiger partial charge in [0.25, 0.3) is 0 Å². The summed E-state index contributed by atoms with van der Waals surface area (Å²) in [5.74, 6) is -0.967. The summed E-state index contributed by atoms with van der Waals surface area (Å²) in [6.45, 7) is 2.44. The molecule has 15 nitrogen and oxygen atoms in total. The number of aliphatic hydroxyl groups excluding tert-OH is 7. The number of ether oxygens (including phenoxy) is 6. The molecule has 0 bridgehead atoms. The lowest BCUT2D eigenvalue weighted by Gasteiger charge is -2.42. The number of aliphatic hydroxyl groups is 7. The number of hydrogen-bond acceptors (Lipinski definition) is 15. The summed E-state index contributed by atoms with van der Waals surface area (Å²) >= 11 is 0. The SMILES string of the molecule is CC/C=C\C/C=C\C/C=C\C/C=C\C/C=C\CCCCCC(=O)OC(COC(=O)CCCCCCCCCCCCC/C=C\C/C=C\CCCCCCC)COC1OC(COC2OC(CO)C(O)C(O)C2O)C(O)C(O)C1O. The van der Waals surface area contributed by atoms with Gasteiger partial charge in [-0.2, -0.15) is 0 Å². The first kappa shape index (κ1) is 70.8. The summed E-state index contributed by atoms with van der Waals surface area (Å²) < 4.78 is 33.7. The second-order valence-electron chi connectivity index (χ2n) is 20.8. The number of carbonyl (C=O) groups excluding carboxylic acids is 2. The molecular formula is C63H106O15. The Hall–Kier alpha value is -3.32. The Morgan fingerprint density at radius 3 is 1.28 bits per heavy atom. The van der Waals surface area contributed by atoms with Gasteiger partial charge in [-0.15, -0.1) is 0 Å².